The second kappa shape index (κ2) is 6.58. The average molecular weight is 336 g/mol. The summed E-state index contributed by atoms with van der Waals surface area (Å²) in [5, 5.41) is 14.3. The minimum Gasteiger partial charge on any atom is -0.306 e. The fourth-order valence-corrected chi connectivity index (χ4v) is 2.24. The number of aromatic nitrogens is 1. The van der Waals surface area contributed by atoms with Gasteiger partial charge in [0.05, 0.1) is 4.92 Å². The Hall–Kier alpha value is -1.79. The Morgan fingerprint density at radius 2 is 2.05 bits per heavy atom. The van der Waals surface area contributed by atoms with E-state index in [0.717, 1.165) is 5.56 Å². The molecule has 0 fully saturated rings. The number of nitrogens with zero attached hydrogens (tertiary/aromatic N) is 2. The highest BCUT2D eigenvalue weighted by Crippen LogP contribution is 2.24. The summed E-state index contributed by atoms with van der Waals surface area (Å²) in [6.07, 6.45) is 3.46. The first-order valence-electron chi connectivity index (χ1n) is 6.14. The van der Waals surface area contributed by atoms with E-state index in [1.54, 1.807) is 24.5 Å². The standard InChI is InChI=1S/C14H14BrN3O2/c1-10(11-4-6-16-7-5-11)17-9-12-2-3-13(15)8-14(12)18(19)20/h2-8,10,17H,9H2,1H3/t10-/m1/s1. The third-order valence-electron chi connectivity index (χ3n) is 3.05. The lowest BCUT2D eigenvalue weighted by atomic mass is 10.1. The molecule has 1 atom stereocenters. The topological polar surface area (TPSA) is 68.1 Å². The largest absolute Gasteiger partial charge is 0.306 e. The van der Waals surface area contributed by atoms with Crippen LogP contribution in [0.25, 0.3) is 0 Å². The summed E-state index contributed by atoms with van der Waals surface area (Å²) in [5.74, 6) is 0. The smallest absolute Gasteiger partial charge is 0.275 e. The van der Waals surface area contributed by atoms with E-state index >= 15 is 0 Å². The van der Waals surface area contributed by atoms with Crippen LogP contribution in [0.15, 0.2) is 47.2 Å². The van der Waals surface area contributed by atoms with Crippen molar-refractivity contribution < 1.29 is 4.92 Å². The lowest BCUT2D eigenvalue weighted by Gasteiger charge is -2.14. The molecule has 0 aliphatic heterocycles. The highest BCUT2D eigenvalue weighted by Gasteiger charge is 2.14. The number of rotatable bonds is 5. The van der Waals surface area contributed by atoms with Gasteiger partial charge in [0.2, 0.25) is 0 Å². The summed E-state index contributed by atoms with van der Waals surface area (Å²) in [6.45, 7) is 2.45. The summed E-state index contributed by atoms with van der Waals surface area (Å²) in [4.78, 5) is 14.6. The van der Waals surface area contributed by atoms with Crippen LogP contribution in [0.1, 0.15) is 24.1 Å². The van der Waals surface area contributed by atoms with Crippen molar-refractivity contribution in [2.24, 2.45) is 0 Å². The van der Waals surface area contributed by atoms with Gasteiger partial charge in [0.15, 0.2) is 0 Å². The Balaban J connectivity index is 2.09. The molecule has 20 heavy (non-hydrogen) atoms. The van der Waals surface area contributed by atoms with Gasteiger partial charge in [-0.15, -0.1) is 0 Å². The number of pyridine rings is 1. The van der Waals surface area contributed by atoms with E-state index in [9.17, 15) is 10.1 Å². The van der Waals surface area contributed by atoms with Crippen LogP contribution in [0.5, 0.6) is 0 Å². The van der Waals surface area contributed by atoms with Crippen molar-refractivity contribution in [1.29, 1.82) is 0 Å². The highest BCUT2D eigenvalue weighted by molar-refractivity contribution is 9.10. The molecule has 0 bridgehead atoms. The molecular formula is C14H14BrN3O2. The van der Waals surface area contributed by atoms with Crippen LogP contribution < -0.4 is 5.32 Å². The van der Waals surface area contributed by atoms with Crippen molar-refractivity contribution in [1.82, 2.24) is 10.3 Å². The summed E-state index contributed by atoms with van der Waals surface area (Å²) >= 11 is 3.25. The molecular weight excluding hydrogens is 322 g/mol. The zero-order valence-electron chi connectivity index (χ0n) is 10.9. The zero-order valence-corrected chi connectivity index (χ0v) is 12.5. The molecule has 1 N–H and O–H groups in total. The Kier molecular flexibility index (Phi) is 4.81. The van der Waals surface area contributed by atoms with Crippen LogP contribution in [-0.4, -0.2) is 9.91 Å². The molecule has 0 saturated carbocycles. The molecule has 6 heteroatoms. The Labute approximate surface area is 125 Å². The van der Waals surface area contributed by atoms with E-state index in [4.69, 9.17) is 0 Å². The van der Waals surface area contributed by atoms with Crippen LogP contribution in [-0.2, 0) is 6.54 Å². The number of nitrogens with one attached hydrogen (secondary N) is 1. The molecule has 0 unspecified atom stereocenters. The van der Waals surface area contributed by atoms with Gasteiger partial charge < -0.3 is 5.32 Å². The Bertz CT molecular complexity index is 605. The first kappa shape index (κ1) is 14.6. The number of hydrogen-bond acceptors (Lipinski definition) is 4. The van der Waals surface area contributed by atoms with Gasteiger partial charge in [0.1, 0.15) is 0 Å². The fraction of sp³-hybridized carbons (Fsp3) is 0.214. The van der Waals surface area contributed by atoms with Crippen molar-refractivity contribution >= 4 is 21.6 Å². The minimum absolute atomic E-state index is 0.0984. The number of halogens is 1. The SMILES string of the molecule is C[C@@H](NCc1ccc(Br)cc1[N+](=O)[O-])c1ccncc1. The second-order valence-electron chi connectivity index (χ2n) is 4.41. The van der Waals surface area contributed by atoms with Gasteiger partial charge in [-0.05, 0) is 36.8 Å². The van der Waals surface area contributed by atoms with Crippen LogP contribution >= 0.6 is 15.9 Å². The van der Waals surface area contributed by atoms with E-state index in [2.05, 4.69) is 26.2 Å². The number of benzene rings is 1. The average Bonchev–Trinajstić information content (AvgIpc) is 2.46. The molecule has 5 nitrogen and oxygen atoms in total. The quantitative estimate of drug-likeness (QED) is 0.669. The molecule has 0 radical (unpaired) electrons. The lowest BCUT2D eigenvalue weighted by molar-refractivity contribution is -0.385. The Morgan fingerprint density at radius 1 is 1.35 bits per heavy atom. The Morgan fingerprint density at radius 3 is 2.70 bits per heavy atom. The first-order chi connectivity index (χ1) is 9.58. The van der Waals surface area contributed by atoms with Crippen molar-refractivity contribution in [2.75, 3.05) is 0 Å². The summed E-state index contributed by atoms with van der Waals surface area (Å²) < 4.78 is 0.704. The van der Waals surface area contributed by atoms with Gasteiger partial charge in [0, 0.05) is 41.1 Å². The number of nitro benzene ring substituents is 1. The maximum absolute atomic E-state index is 11.0. The van der Waals surface area contributed by atoms with Gasteiger partial charge in [-0.2, -0.15) is 0 Å². The van der Waals surface area contributed by atoms with Gasteiger partial charge in [0.25, 0.3) is 5.69 Å². The molecule has 0 aliphatic carbocycles. The van der Waals surface area contributed by atoms with E-state index < -0.39 is 0 Å². The normalized spacial score (nSPS) is 12.1. The van der Waals surface area contributed by atoms with Crippen molar-refractivity contribution in [3.63, 3.8) is 0 Å². The van der Waals surface area contributed by atoms with E-state index in [0.29, 0.717) is 16.6 Å². The maximum Gasteiger partial charge on any atom is 0.275 e. The molecule has 2 aromatic rings. The van der Waals surface area contributed by atoms with Crippen LogP contribution in [0, 0.1) is 10.1 Å². The summed E-state index contributed by atoms with van der Waals surface area (Å²) in [5.41, 5.74) is 1.88. The molecule has 0 spiro atoms. The summed E-state index contributed by atoms with van der Waals surface area (Å²) in [6, 6.07) is 9.03. The first-order valence-corrected chi connectivity index (χ1v) is 6.93. The molecule has 1 aromatic heterocycles. The highest BCUT2D eigenvalue weighted by atomic mass is 79.9. The predicted octanol–water partition coefficient (Wildman–Crippen LogP) is 3.60. The third kappa shape index (κ3) is 3.61. The van der Waals surface area contributed by atoms with Gasteiger partial charge >= 0.3 is 0 Å². The van der Waals surface area contributed by atoms with E-state index in [1.165, 1.54) is 6.07 Å². The molecule has 0 aliphatic rings. The van der Waals surface area contributed by atoms with Crippen molar-refractivity contribution in [3.8, 4) is 0 Å². The second-order valence-corrected chi connectivity index (χ2v) is 5.33. The maximum atomic E-state index is 11.0. The van der Waals surface area contributed by atoms with Gasteiger partial charge in [-0.1, -0.05) is 15.9 Å². The molecule has 1 heterocycles. The molecule has 104 valence electrons. The fourth-order valence-electron chi connectivity index (χ4n) is 1.89. The van der Waals surface area contributed by atoms with Crippen LogP contribution in [0.3, 0.4) is 0 Å². The van der Waals surface area contributed by atoms with Crippen molar-refractivity contribution in [3.05, 3.63) is 68.4 Å². The van der Waals surface area contributed by atoms with E-state index in [1.807, 2.05) is 19.1 Å². The molecule has 0 saturated heterocycles. The lowest BCUT2D eigenvalue weighted by Crippen LogP contribution is -2.18. The monoisotopic (exact) mass is 335 g/mol. The predicted molar refractivity (Wildman–Crippen MR) is 80.3 cm³/mol. The van der Waals surface area contributed by atoms with Crippen molar-refractivity contribution in [2.45, 2.75) is 19.5 Å². The molecule has 0 amide bonds. The van der Waals surface area contributed by atoms with E-state index in [-0.39, 0.29) is 16.7 Å². The number of hydrogen-bond donors (Lipinski definition) is 1. The van der Waals surface area contributed by atoms with Crippen LogP contribution in [0.2, 0.25) is 0 Å². The minimum atomic E-state index is -0.362. The third-order valence-corrected chi connectivity index (χ3v) is 3.54. The van der Waals surface area contributed by atoms with Crippen LogP contribution in [0.4, 0.5) is 5.69 Å². The van der Waals surface area contributed by atoms with Gasteiger partial charge in [-0.25, -0.2) is 0 Å². The molecule has 1 aromatic carbocycles. The van der Waals surface area contributed by atoms with Gasteiger partial charge in [-0.3, -0.25) is 15.1 Å². The number of nitro groups is 1. The molecule has 2 rings (SSSR count). The summed E-state index contributed by atoms with van der Waals surface area (Å²) in [7, 11) is 0. The zero-order chi connectivity index (χ0) is 14.5.